The Balaban J connectivity index is 1.42. The van der Waals surface area contributed by atoms with E-state index in [1.807, 2.05) is 24.4 Å². The Morgan fingerprint density at radius 1 is 1.21 bits per heavy atom. The van der Waals surface area contributed by atoms with Gasteiger partial charge in [-0.3, -0.25) is 4.79 Å². The molecule has 1 aromatic carbocycles. The molecule has 1 amide bonds. The number of hydrogen-bond donors (Lipinski definition) is 1. The summed E-state index contributed by atoms with van der Waals surface area (Å²) in [6.07, 6.45) is 8.14. The summed E-state index contributed by atoms with van der Waals surface area (Å²) < 4.78 is 7.77. The summed E-state index contributed by atoms with van der Waals surface area (Å²) in [4.78, 5) is 17.9. The number of hydrogen-bond acceptors (Lipinski definition) is 3. The van der Waals surface area contributed by atoms with Gasteiger partial charge in [-0.1, -0.05) is 43.2 Å². The first-order chi connectivity index (χ1) is 13.7. The van der Waals surface area contributed by atoms with Crippen molar-refractivity contribution >= 4 is 5.91 Å². The highest BCUT2D eigenvalue weighted by molar-refractivity contribution is 5.88. The zero-order valence-corrected chi connectivity index (χ0v) is 16.8. The number of carbonyl (C=O) groups excluding carboxylic acids is 1. The van der Waals surface area contributed by atoms with Crippen molar-refractivity contribution in [2.45, 2.75) is 63.3 Å². The van der Waals surface area contributed by atoms with Crippen LogP contribution in [0, 0.1) is 6.92 Å². The lowest BCUT2D eigenvalue weighted by Gasteiger charge is -2.28. The highest BCUT2D eigenvalue weighted by Crippen LogP contribution is 2.41. The van der Waals surface area contributed by atoms with E-state index in [9.17, 15) is 4.79 Å². The van der Waals surface area contributed by atoms with Crippen LogP contribution in [0.5, 0.6) is 0 Å². The molecule has 150 valence electrons. The molecule has 1 N–H and O–H groups in total. The normalized spacial score (nSPS) is 19.6. The van der Waals surface area contributed by atoms with Crippen molar-refractivity contribution in [3.8, 4) is 0 Å². The molecule has 1 saturated carbocycles. The SMILES string of the molecule is Cc1cnc(C2CCOCC2)n1CCNC(=O)C1(c2ccccc2)CCCC1. The molecule has 0 unspecified atom stereocenters. The predicted octanol–water partition coefficient (Wildman–Crippen LogP) is 3.71. The molecule has 4 rings (SSSR count). The van der Waals surface area contributed by atoms with E-state index in [4.69, 9.17) is 4.74 Å². The summed E-state index contributed by atoms with van der Waals surface area (Å²) in [5.74, 6) is 1.79. The van der Waals surface area contributed by atoms with Crippen molar-refractivity contribution in [1.82, 2.24) is 14.9 Å². The van der Waals surface area contributed by atoms with Crippen molar-refractivity contribution < 1.29 is 9.53 Å². The molecule has 2 aromatic rings. The quantitative estimate of drug-likeness (QED) is 0.830. The first-order valence-electron chi connectivity index (χ1n) is 10.6. The molecule has 1 aliphatic heterocycles. The minimum absolute atomic E-state index is 0.182. The Morgan fingerprint density at radius 2 is 1.93 bits per heavy atom. The summed E-state index contributed by atoms with van der Waals surface area (Å²) in [7, 11) is 0. The Hall–Kier alpha value is -2.14. The van der Waals surface area contributed by atoms with Crippen LogP contribution >= 0.6 is 0 Å². The van der Waals surface area contributed by atoms with Gasteiger partial charge in [-0.15, -0.1) is 0 Å². The molecule has 0 atom stereocenters. The van der Waals surface area contributed by atoms with Crippen LogP contribution in [0.3, 0.4) is 0 Å². The van der Waals surface area contributed by atoms with Gasteiger partial charge in [0.1, 0.15) is 5.82 Å². The van der Waals surface area contributed by atoms with Gasteiger partial charge in [-0.05, 0) is 38.2 Å². The Kier molecular flexibility index (Phi) is 5.81. The van der Waals surface area contributed by atoms with Crippen LogP contribution in [-0.2, 0) is 21.5 Å². The zero-order valence-electron chi connectivity index (χ0n) is 16.8. The Bertz CT molecular complexity index is 787. The third-order valence-electron chi connectivity index (χ3n) is 6.51. The van der Waals surface area contributed by atoms with Crippen molar-refractivity contribution in [3.05, 3.63) is 53.6 Å². The maximum absolute atomic E-state index is 13.2. The van der Waals surface area contributed by atoms with E-state index in [0.717, 1.165) is 75.4 Å². The molecule has 0 spiro atoms. The number of imidazole rings is 1. The lowest BCUT2D eigenvalue weighted by Crippen LogP contribution is -2.43. The van der Waals surface area contributed by atoms with Crippen LogP contribution in [-0.4, -0.2) is 35.2 Å². The minimum Gasteiger partial charge on any atom is -0.381 e. The van der Waals surface area contributed by atoms with E-state index >= 15 is 0 Å². The van der Waals surface area contributed by atoms with Gasteiger partial charge in [0.15, 0.2) is 0 Å². The molecule has 28 heavy (non-hydrogen) atoms. The molecule has 1 saturated heterocycles. The number of aromatic nitrogens is 2. The van der Waals surface area contributed by atoms with Gasteiger partial charge in [0.2, 0.25) is 5.91 Å². The summed E-state index contributed by atoms with van der Waals surface area (Å²) in [5, 5.41) is 3.25. The molecule has 1 aromatic heterocycles. The monoisotopic (exact) mass is 381 g/mol. The first-order valence-corrected chi connectivity index (χ1v) is 10.6. The van der Waals surface area contributed by atoms with Crippen molar-refractivity contribution in [3.63, 3.8) is 0 Å². The minimum atomic E-state index is -0.352. The highest BCUT2D eigenvalue weighted by atomic mass is 16.5. The lowest BCUT2D eigenvalue weighted by molar-refractivity contribution is -0.126. The van der Waals surface area contributed by atoms with E-state index in [1.165, 1.54) is 0 Å². The van der Waals surface area contributed by atoms with Gasteiger partial charge in [-0.2, -0.15) is 0 Å². The maximum Gasteiger partial charge on any atom is 0.230 e. The van der Waals surface area contributed by atoms with Crippen LogP contribution in [0.2, 0.25) is 0 Å². The lowest BCUT2D eigenvalue weighted by atomic mass is 9.78. The van der Waals surface area contributed by atoms with Gasteiger partial charge < -0.3 is 14.6 Å². The van der Waals surface area contributed by atoms with Crippen molar-refractivity contribution in [2.75, 3.05) is 19.8 Å². The molecule has 2 heterocycles. The fourth-order valence-corrected chi connectivity index (χ4v) is 4.89. The Morgan fingerprint density at radius 3 is 2.64 bits per heavy atom. The van der Waals surface area contributed by atoms with Crippen molar-refractivity contribution in [1.29, 1.82) is 0 Å². The number of rotatable bonds is 6. The van der Waals surface area contributed by atoms with E-state index in [2.05, 4.69) is 33.9 Å². The second-order valence-electron chi connectivity index (χ2n) is 8.21. The van der Waals surface area contributed by atoms with Crippen LogP contribution in [0.25, 0.3) is 0 Å². The second kappa shape index (κ2) is 8.48. The smallest absolute Gasteiger partial charge is 0.230 e. The van der Waals surface area contributed by atoms with Crippen LogP contribution in [0.15, 0.2) is 36.5 Å². The number of nitrogens with zero attached hydrogens (tertiary/aromatic N) is 2. The molecule has 0 bridgehead atoms. The third-order valence-corrected chi connectivity index (χ3v) is 6.51. The van der Waals surface area contributed by atoms with Crippen LogP contribution in [0.4, 0.5) is 0 Å². The highest BCUT2D eigenvalue weighted by Gasteiger charge is 2.42. The van der Waals surface area contributed by atoms with E-state index in [1.54, 1.807) is 0 Å². The van der Waals surface area contributed by atoms with Crippen LogP contribution < -0.4 is 5.32 Å². The number of ether oxygens (including phenoxy) is 1. The molecule has 2 aliphatic rings. The van der Waals surface area contributed by atoms with Crippen LogP contribution in [0.1, 0.15) is 61.5 Å². The Labute approximate surface area is 167 Å². The molecule has 0 radical (unpaired) electrons. The number of amides is 1. The summed E-state index contributed by atoms with van der Waals surface area (Å²) in [5.41, 5.74) is 1.97. The number of aryl methyl sites for hydroxylation is 1. The number of benzene rings is 1. The third kappa shape index (κ3) is 3.72. The number of carbonyl (C=O) groups is 1. The molecule has 2 fully saturated rings. The van der Waals surface area contributed by atoms with Gasteiger partial charge in [-0.25, -0.2) is 4.98 Å². The average Bonchev–Trinajstić information content (AvgIpc) is 3.38. The molecular weight excluding hydrogens is 350 g/mol. The summed E-state index contributed by atoms with van der Waals surface area (Å²) in [6, 6.07) is 10.3. The average molecular weight is 382 g/mol. The van der Waals surface area contributed by atoms with E-state index in [-0.39, 0.29) is 11.3 Å². The predicted molar refractivity (Wildman–Crippen MR) is 109 cm³/mol. The zero-order chi connectivity index (χ0) is 19.4. The maximum atomic E-state index is 13.2. The number of nitrogens with one attached hydrogen (secondary N) is 1. The topological polar surface area (TPSA) is 56.1 Å². The largest absolute Gasteiger partial charge is 0.381 e. The fourth-order valence-electron chi connectivity index (χ4n) is 4.89. The van der Waals surface area contributed by atoms with Gasteiger partial charge >= 0.3 is 0 Å². The second-order valence-corrected chi connectivity index (χ2v) is 8.21. The molecular formula is C23H31N3O2. The van der Waals surface area contributed by atoms with E-state index in [0.29, 0.717) is 12.5 Å². The first kappa shape index (κ1) is 19.2. The van der Waals surface area contributed by atoms with Crippen molar-refractivity contribution in [2.24, 2.45) is 0 Å². The van der Waals surface area contributed by atoms with Gasteiger partial charge in [0, 0.05) is 44.1 Å². The molecule has 5 nitrogen and oxygen atoms in total. The fraction of sp³-hybridized carbons (Fsp3) is 0.565. The molecule has 5 heteroatoms. The standard InChI is InChI=1S/C23H31N3O2/c1-18-17-25-21(19-9-15-28-16-10-19)26(18)14-13-24-22(27)23(11-5-6-12-23)20-7-3-2-4-8-20/h2-4,7-8,17,19H,5-6,9-16H2,1H3,(H,24,27). The van der Waals surface area contributed by atoms with Gasteiger partial charge in [0.05, 0.1) is 5.41 Å². The van der Waals surface area contributed by atoms with E-state index < -0.39 is 0 Å². The summed E-state index contributed by atoms with van der Waals surface area (Å²) >= 11 is 0. The molecule has 1 aliphatic carbocycles. The van der Waals surface area contributed by atoms with Gasteiger partial charge in [0.25, 0.3) is 0 Å². The summed E-state index contributed by atoms with van der Waals surface area (Å²) in [6.45, 7) is 5.13.